The largest absolute Gasteiger partial charge is 0.351 e. The summed E-state index contributed by atoms with van der Waals surface area (Å²) in [7, 11) is -10.2. The third kappa shape index (κ3) is 8.29. The van der Waals surface area contributed by atoms with Crippen molar-refractivity contribution in [3.8, 4) is 0 Å². The molecule has 18 heteroatoms. The van der Waals surface area contributed by atoms with Crippen LogP contribution in [0.5, 0.6) is 0 Å². The van der Waals surface area contributed by atoms with Crippen molar-refractivity contribution in [3.05, 3.63) is 54.1 Å². The minimum Gasteiger partial charge on any atom is -0.351 e. The van der Waals surface area contributed by atoms with Gasteiger partial charge in [-0.1, -0.05) is 19.4 Å². The zero-order chi connectivity index (χ0) is 31.9. The third-order valence-corrected chi connectivity index (χ3v) is 8.26. The van der Waals surface area contributed by atoms with Gasteiger partial charge in [-0.25, -0.2) is 13.2 Å². The fourth-order valence-corrected chi connectivity index (χ4v) is 5.69. The Morgan fingerprint density at radius 2 is 1.67 bits per heavy atom. The molecular formula is C25H26F10N4O3S. The standard InChI is InChI=1S/C25H26F10N4O3S/c26-15-9-14(11-36-12-15)21(22(40)38-16-5-7-25(29,30)8-6-16)39(23(41)20-10-18(13-37-20)42-24(27)28)17-1-3-19(4-2-17)43(31,32,33,34)35/h1-4,9,11-12,16,18,20-21,24,37H,5-8,10,13H2,(H,38,40)/t18-,20+,21?/m0/s1. The van der Waals surface area contributed by atoms with Crippen molar-refractivity contribution in [1.29, 1.82) is 0 Å². The number of halogens is 10. The first-order chi connectivity index (χ1) is 19.7. The number of benzene rings is 1. The van der Waals surface area contributed by atoms with E-state index >= 15 is 0 Å². The van der Waals surface area contributed by atoms with Gasteiger partial charge in [0.25, 0.3) is 0 Å². The first kappa shape index (κ1) is 32.8. The number of nitrogens with one attached hydrogen (secondary N) is 2. The van der Waals surface area contributed by atoms with Crippen LogP contribution in [0.15, 0.2) is 47.6 Å². The van der Waals surface area contributed by atoms with Crippen LogP contribution in [0, 0.1) is 5.82 Å². The summed E-state index contributed by atoms with van der Waals surface area (Å²) in [4.78, 5) is 29.5. The van der Waals surface area contributed by atoms with Crippen LogP contribution in [0.2, 0.25) is 0 Å². The average molecular weight is 653 g/mol. The monoisotopic (exact) mass is 652 g/mol. The van der Waals surface area contributed by atoms with Crippen LogP contribution >= 0.6 is 10.2 Å². The second-order valence-corrected chi connectivity index (χ2v) is 12.8. The predicted octanol–water partition coefficient (Wildman–Crippen LogP) is 6.62. The minimum atomic E-state index is -10.2. The number of carbonyl (C=O) groups excluding carboxylic acids is 2. The molecule has 2 heterocycles. The van der Waals surface area contributed by atoms with E-state index in [1.165, 1.54) is 0 Å². The van der Waals surface area contributed by atoms with Crippen molar-refractivity contribution >= 4 is 27.7 Å². The Balaban J connectivity index is 1.77. The van der Waals surface area contributed by atoms with Crippen LogP contribution in [-0.4, -0.2) is 54.1 Å². The van der Waals surface area contributed by atoms with E-state index in [1.807, 2.05) is 0 Å². The van der Waals surface area contributed by atoms with Crippen LogP contribution in [0.25, 0.3) is 0 Å². The second kappa shape index (κ2) is 11.1. The molecule has 2 amide bonds. The van der Waals surface area contributed by atoms with E-state index in [4.69, 9.17) is 0 Å². The van der Waals surface area contributed by atoms with Gasteiger partial charge in [0.1, 0.15) is 16.8 Å². The van der Waals surface area contributed by atoms with E-state index in [1.54, 1.807) is 0 Å². The number of aromatic nitrogens is 1. The lowest BCUT2D eigenvalue weighted by Crippen LogP contribution is -2.52. The number of alkyl halides is 4. The van der Waals surface area contributed by atoms with Crippen molar-refractivity contribution in [2.24, 2.45) is 0 Å². The number of hydrogen-bond acceptors (Lipinski definition) is 5. The molecule has 0 spiro atoms. The molecule has 0 bridgehead atoms. The lowest BCUT2D eigenvalue weighted by atomic mass is 9.91. The van der Waals surface area contributed by atoms with E-state index in [9.17, 15) is 51.0 Å². The van der Waals surface area contributed by atoms with Gasteiger partial charge in [-0.05, 0) is 49.6 Å². The van der Waals surface area contributed by atoms with E-state index in [-0.39, 0.29) is 43.5 Å². The number of amides is 2. The van der Waals surface area contributed by atoms with Gasteiger partial charge in [0.15, 0.2) is 0 Å². The van der Waals surface area contributed by atoms with E-state index in [0.29, 0.717) is 17.0 Å². The molecule has 1 unspecified atom stereocenters. The Hall–Kier alpha value is -3.12. The molecule has 4 rings (SSSR count). The topological polar surface area (TPSA) is 83.6 Å². The molecule has 3 atom stereocenters. The zero-order valence-electron chi connectivity index (χ0n) is 22.0. The molecular weight excluding hydrogens is 626 g/mol. The Kier molecular flexibility index (Phi) is 8.47. The molecule has 240 valence electrons. The molecule has 43 heavy (non-hydrogen) atoms. The van der Waals surface area contributed by atoms with Gasteiger partial charge in [-0.2, -0.15) is 8.78 Å². The highest BCUT2D eigenvalue weighted by atomic mass is 32.5. The summed E-state index contributed by atoms with van der Waals surface area (Å²) in [5, 5.41) is 5.11. The fraction of sp³-hybridized carbons (Fsp3) is 0.480. The molecule has 1 aromatic heterocycles. The highest BCUT2D eigenvalue weighted by Crippen LogP contribution is 3.02. The maximum Gasteiger partial charge on any atom is 0.345 e. The molecule has 7 nitrogen and oxygen atoms in total. The minimum absolute atomic E-state index is 0.00393. The Morgan fingerprint density at radius 3 is 2.23 bits per heavy atom. The first-order valence-corrected chi connectivity index (χ1v) is 14.8. The van der Waals surface area contributed by atoms with E-state index in [0.717, 1.165) is 18.5 Å². The quantitative estimate of drug-likeness (QED) is 0.298. The van der Waals surface area contributed by atoms with Crippen LogP contribution in [0.3, 0.4) is 0 Å². The van der Waals surface area contributed by atoms with Gasteiger partial charge in [-0.3, -0.25) is 19.5 Å². The summed E-state index contributed by atoms with van der Waals surface area (Å²) >= 11 is 0. The number of rotatable bonds is 9. The lowest BCUT2D eigenvalue weighted by Gasteiger charge is -2.41. The number of ether oxygens (including phenoxy) is 1. The molecule has 2 fully saturated rings. The van der Waals surface area contributed by atoms with Crippen molar-refractivity contribution in [2.45, 2.75) is 73.8 Å². The van der Waals surface area contributed by atoms with Crippen molar-refractivity contribution in [2.75, 3.05) is 11.4 Å². The normalized spacial score (nSPS) is 23.3. The second-order valence-electron chi connectivity index (χ2n) is 10.4. The number of hydrogen-bond donors (Lipinski definition) is 2. The summed E-state index contributed by atoms with van der Waals surface area (Å²) in [6, 6.07) is -2.28. The number of carbonyl (C=O) groups is 2. The molecule has 1 saturated heterocycles. The molecule has 1 aliphatic carbocycles. The maximum atomic E-state index is 14.3. The highest BCUT2D eigenvalue weighted by molar-refractivity contribution is 8.45. The van der Waals surface area contributed by atoms with Crippen LogP contribution in [-0.2, 0) is 14.3 Å². The van der Waals surface area contributed by atoms with Crippen LogP contribution < -0.4 is 15.5 Å². The SMILES string of the molecule is O=C(NC1CCC(F)(F)CC1)C(c1cncc(F)c1)N(C(=O)[C@H]1C[C@H](OC(F)F)CN1)c1ccc(S(F)(F)(F)(F)F)cc1. The van der Waals surface area contributed by atoms with Gasteiger partial charge in [0.2, 0.25) is 17.7 Å². The average Bonchev–Trinajstić information content (AvgIpc) is 3.34. The van der Waals surface area contributed by atoms with E-state index in [2.05, 4.69) is 20.4 Å². The summed E-state index contributed by atoms with van der Waals surface area (Å²) in [6.45, 7) is -3.46. The molecule has 1 saturated carbocycles. The summed E-state index contributed by atoms with van der Waals surface area (Å²) in [6.07, 6.45) is -1.32. The van der Waals surface area contributed by atoms with Crippen molar-refractivity contribution in [3.63, 3.8) is 0 Å². The third-order valence-electron chi connectivity index (χ3n) is 7.09. The zero-order valence-corrected chi connectivity index (χ0v) is 22.8. The smallest absolute Gasteiger partial charge is 0.345 e. The summed E-state index contributed by atoms with van der Waals surface area (Å²) in [5.74, 6) is -6.10. The summed E-state index contributed by atoms with van der Waals surface area (Å²) in [5.41, 5.74) is -0.822. The van der Waals surface area contributed by atoms with Gasteiger partial charge in [0.05, 0.1) is 18.3 Å². The number of nitrogens with zero attached hydrogens (tertiary/aromatic N) is 2. The molecule has 1 aliphatic heterocycles. The first-order valence-electron chi connectivity index (χ1n) is 12.9. The highest BCUT2D eigenvalue weighted by Gasteiger charge is 2.65. The van der Waals surface area contributed by atoms with E-state index < -0.39 is 88.0 Å². The van der Waals surface area contributed by atoms with Gasteiger partial charge in [-0.15, -0.1) is 0 Å². The van der Waals surface area contributed by atoms with Crippen LogP contribution in [0.1, 0.15) is 43.7 Å². The Bertz CT molecular complexity index is 1340. The fourth-order valence-electron chi connectivity index (χ4n) is 5.04. The molecule has 2 aromatic rings. The van der Waals surface area contributed by atoms with Gasteiger partial charge >= 0.3 is 16.8 Å². The lowest BCUT2D eigenvalue weighted by molar-refractivity contribution is -0.157. The number of pyridine rings is 1. The number of anilines is 1. The maximum absolute atomic E-state index is 14.3. The Morgan fingerprint density at radius 1 is 1.05 bits per heavy atom. The molecule has 1 aromatic carbocycles. The molecule has 2 N–H and O–H groups in total. The summed E-state index contributed by atoms with van der Waals surface area (Å²) < 4.78 is 139. The van der Waals surface area contributed by atoms with Crippen LogP contribution in [0.4, 0.5) is 47.1 Å². The molecule has 0 radical (unpaired) electrons. The predicted molar refractivity (Wildman–Crippen MR) is 135 cm³/mol. The van der Waals surface area contributed by atoms with Crippen molar-refractivity contribution in [1.82, 2.24) is 15.6 Å². The van der Waals surface area contributed by atoms with Gasteiger partial charge in [0, 0.05) is 42.9 Å². The molecule has 2 aliphatic rings. The Labute approximate surface area is 238 Å². The van der Waals surface area contributed by atoms with Crippen molar-refractivity contribution < 1.29 is 55.7 Å². The van der Waals surface area contributed by atoms with Gasteiger partial charge < -0.3 is 15.4 Å².